The molecule has 1 atom stereocenters. The zero-order chi connectivity index (χ0) is 15.3. The zero-order valence-corrected chi connectivity index (χ0v) is 13.4. The first-order chi connectivity index (χ1) is 9.32. The van der Waals surface area contributed by atoms with Gasteiger partial charge in [-0.1, -0.05) is 19.9 Å². The maximum absolute atomic E-state index is 14.1. The fourth-order valence-corrected chi connectivity index (χ4v) is 2.32. The van der Waals surface area contributed by atoms with Gasteiger partial charge < -0.3 is 15.5 Å². The van der Waals surface area contributed by atoms with Crippen LogP contribution in [0.4, 0.5) is 10.1 Å². The summed E-state index contributed by atoms with van der Waals surface area (Å²) >= 11 is 0. The second-order valence-corrected chi connectivity index (χ2v) is 6.10. The number of nitrogens with two attached hydrogens (primary N) is 1. The van der Waals surface area contributed by atoms with Crippen LogP contribution in [0.3, 0.4) is 0 Å². The standard InChI is InChI=1S/C16H28FN3/c1-12(2)11-20(10-9-19(4)5)15-8-6-7-14(17)16(15)13(3)18/h6-8,12-13H,9-11,18H2,1-5H3/t13-/m0/s1. The first kappa shape index (κ1) is 16.9. The van der Waals surface area contributed by atoms with Crippen molar-refractivity contribution in [3.8, 4) is 0 Å². The fourth-order valence-electron chi connectivity index (χ4n) is 2.32. The molecule has 0 unspecified atom stereocenters. The Kier molecular flexibility index (Phi) is 6.43. The number of hydrogen-bond acceptors (Lipinski definition) is 3. The van der Waals surface area contributed by atoms with Crippen molar-refractivity contribution in [1.29, 1.82) is 0 Å². The highest BCUT2D eigenvalue weighted by Crippen LogP contribution is 2.28. The summed E-state index contributed by atoms with van der Waals surface area (Å²) < 4.78 is 14.1. The topological polar surface area (TPSA) is 32.5 Å². The molecule has 20 heavy (non-hydrogen) atoms. The lowest BCUT2D eigenvalue weighted by Crippen LogP contribution is -2.35. The number of hydrogen-bond donors (Lipinski definition) is 1. The van der Waals surface area contributed by atoms with Gasteiger partial charge in [-0.25, -0.2) is 4.39 Å². The average Bonchev–Trinajstić information content (AvgIpc) is 2.33. The van der Waals surface area contributed by atoms with Gasteiger partial charge in [0.25, 0.3) is 0 Å². The molecule has 0 aromatic heterocycles. The molecule has 0 aliphatic carbocycles. The minimum Gasteiger partial charge on any atom is -0.370 e. The lowest BCUT2D eigenvalue weighted by Gasteiger charge is -2.31. The van der Waals surface area contributed by atoms with Crippen LogP contribution in [0.1, 0.15) is 32.4 Å². The predicted molar refractivity (Wildman–Crippen MR) is 84.6 cm³/mol. The van der Waals surface area contributed by atoms with Crippen molar-refractivity contribution in [1.82, 2.24) is 4.90 Å². The third-order valence-electron chi connectivity index (χ3n) is 3.23. The van der Waals surface area contributed by atoms with E-state index >= 15 is 0 Å². The molecule has 3 nitrogen and oxygen atoms in total. The van der Waals surface area contributed by atoms with Crippen LogP contribution in [-0.4, -0.2) is 38.6 Å². The van der Waals surface area contributed by atoms with E-state index in [2.05, 4.69) is 23.6 Å². The Balaban J connectivity index is 3.09. The number of anilines is 1. The van der Waals surface area contributed by atoms with Crippen LogP contribution in [0.15, 0.2) is 18.2 Å². The van der Waals surface area contributed by atoms with Crippen molar-refractivity contribution < 1.29 is 4.39 Å². The molecule has 0 aliphatic rings. The Morgan fingerprint density at radius 3 is 2.30 bits per heavy atom. The van der Waals surface area contributed by atoms with E-state index in [0.29, 0.717) is 11.5 Å². The van der Waals surface area contributed by atoms with Crippen molar-refractivity contribution in [3.05, 3.63) is 29.6 Å². The molecule has 0 saturated carbocycles. The molecule has 0 bridgehead atoms. The molecule has 1 rings (SSSR count). The summed E-state index contributed by atoms with van der Waals surface area (Å²) in [6, 6.07) is 4.92. The number of nitrogens with zero attached hydrogens (tertiary/aromatic N) is 2. The molecule has 0 spiro atoms. The number of benzene rings is 1. The van der Waals surface area contributed by atoms with Gasteiger partial charge in [0.15, 0.2) is 0 Å². The third-order valence-corrected chi connectivity index (χ3v) is 3.23. The molecule has 0 aliphatic heterocycles. The molecule has 0 saturated heterocycles. The molecule has 1 aromatic rings. The van der Waals surface area contributed by atoms with E-state index in [0.717, 1.165) is 25.3 Å². The van der Waals surface area contributed by atoms with Crippen molar-refractivity contribution in [2.45, 2.75) is 26.8 Å². The van der Waals surface area contributed by atoms with Crippen LogP contribution in [0.25, 0.3) is 0 Å². The first-order valence-corrected chi connectivity index (χ1v) is 7.26. The summed E-state index contributed by atoms with van der Waals surface area (Å²) in [6.45, 7) is 8.88. The maximum atomic E-state index is 14.1. The molecule has 0 amide bonds. The van der Waals surface area contributed by atoms with Gasteiger partial charge in [-0.05, 0) is 39.1 Å². The first-order valence-electron chi connectivity index (χ1n) is 7.26. The molecule has 0 heterocycles. The second kappa shape index (κ2) is 7.60. The van der Waals surface area contributed by atoms with Crippen LogP contribution >= 0.6 is 0 Å². The van der Waals surface area contributed by atoms with Crippen LogP contribution in [0.5, 0.6) is 0 Å². The lowest BCUT2D eigenvalue weighted by atomic mass is 10.0. The zero-order valence-electron chi connectivity index (χ0n) is 13.4. The van der Waals surface area contributed by atoms with Gasteiger partial charge in [-0.3, -0.25) is 0 Å². The Labute approximate surface area is 122 Å². The quantitative estimate of drug-likeness (QED) is 0.834. The molecule has 2 N–H and O–H groups in total. The van der Waals surface area contributed by atoms with Gasteiger partial charge in [0.05, 0.1) is 0 Å². The van der Waals surface area contributed by atoms with E-state index in [1.54, 1.807) is 6.07 Å². The molecule has 1 aromatic carbocycles. The minimum absolute atomic E-state index is 0.212. The van der Waals surface area contributed by atoms with E-state index in [-0.39, 0.29) is 11.9 Å². The maximum Gasteiger partial charge on any atom is 0.130 e. The van der Waals surface area contributed by atoms with Crippen molar-refractivity contribution in [2.75, 3.05) is 38.6 Å². The monoisotopic (exact) mass is 281 g/mol. The van der Waals surface area contributed by atoms with E-state index in [1.807, 2.05) is 27.1 Å². The van der Waals surface area contributed by atoms with Crippen LogP contribution in [-0.2, 0) is 0 Å². The Bertz CT molecular complexity index is 416. The van der Waals surface area contributed by atoms with E-state index in [4.69, 9.17) is 5.73 Å². The van der Waals surface area contributed by atoms with Gasteiger partial charge in [0, 0.05) is 36.9 Å². The Morgan fingerprint density at radius 1 is 1.15 bits per heavy atom. The van der Waals surface area contributed by atoms with Gasteiger partial charge in [0.2, 0.25) is 0 Å². The Hall–Kier alpha value is -1.13. The van der Waals surface area contributed by atoms with Gasteiger partial charge in [-0.2, -0.15) is 0 Å². The Morgan fingerprint density at radius 2 is 1.80 bits per heavy atom. The summed E-state index contributed by atoms with van der Waals surface area (Å²) in [6.07, 6.45) is 0. The highest BCUT2D eigenvalue weighted by Gasteiger charge is 2.18. The second-order valence-electron chi connectivity index (χ2n) is 6.10. The lowest BCUT2D eigenvalue weighted by molar-refractivity contribution is 0.408. The predicted octanol–water partition coefficient (Wildman–Crippen LogP) is 2.87. The van der Waals surface area contributed by atoms with E-state index in [1.165, 1.54) is 6.07 Å². The minimum atomic E-state index is -0.305. The van der Waals surface area contributed by atoms with Crippen molar-refractivity contribution in [2.24, 2.45) is 11.7 Å². The summed E-state index contributed by atoms with van der Waals surface area (Å²) in [5.74, 6) is 0.303. The fraction of sp³-hybridized carbons (Fsp3) is 0.625. The summed E-state index contributed by atoms with van der Waals surface area (Å²) in [5.41, 5.74) is 7.51. The smallest absolute Gasteiger partial charge is 0.130 e. The van der Waals surface area contributed by atoms with Crippen molar-refractivity contribution >= 4 is 5.69 Å². The summed E-state index contributed by atoms with van der Waals surface area (Å²) in [5, 5.41) is 0. The largest absolute Gasteiger partial charge is 0.370 e. The van der Waals surface area contributed by atoms with Crippen molar-refractivity contribution in [3.63, 3.8) is 0 Å². The van der Waals surface area contributed by atoms with Gasteiger partial charge in [-0.15, -0.1) is 0 Å². The molecular weight excluding hydrogens is 253 g/mol. The molecule has 0 radical (unpaired) electrons. The van der Waals surface area contributed by atoms with E-state index in [9.17, 15) is 4.39 Å². The van der Waals surface area contributed by atoms with Gasteiger partial charge in [0.1, 0.15) is 5.82 Å². The third kappa shape index (κ3) is 4.76. The summed E-state index contributed by atoms with van der Waals surface area (Å²) in [7, 11) is 4.09. The van der Waals surface area contributed by atoms with Crippen LogP contribution in [0, 0.1) is 11.7 Å². The highest BCUT2D eigenvalue weighted by molar-refractivity contribution is 5.55. The number of halogens is 1. The SMILES string of the molecule is CC(C)CN(CCN(C)C)c1cccc(F)c1[C@H](C)N. The molecule has 114 valence electrons. The molecular formula is C16H28FN3. The summed E-state index contributed by atoms with van der Waals surface area (Å²) in [4.78, 5) is 4.38. The van der Waals surface area contributed by atoms with Gasteiger partial charge >= 0.3 is 0 Å². The number of rotatable bonds is 7. The molecule has 4 heteroatoms. The normalized spacial score (nSPS) is 13.1. The van der Waals surface area contributed by atoms with Crippen LogP contribution < -0.4 is 10.6 Å². The van der Waals surface area contributed by atoms with Crippen LogP contribution in [0.2, 0.25) is 0 Å². The number of likely N-dealkylation sites (N-methyl/N-ethyl adjacent to an activating group) is 1. The average molecular weight is 281 g/mol. The molecule has 0 fully saturated rings. The van der Waals surface area contributed by atoms with E-state index < -0.39 is 0 Å². The highest BCUT2D eigenvalue weighted by atomic mass is 19.1.